The maximum Gasteiger partial charge on any atom is 0.330 e. The number of fused-ring (bicyclic) bond motifs is 2. The van der Waals surface area contributed by atoms with Crippen LogP contribution in [0.25, 0.3) is 10.4 Å². The summed E-state index contributed by atoms with van der Waals surface area (Å²) in [6.07, 6.45) is -0.0834. The Morgan fingerprint density at radius 2 is 2.19 bits per heavy atom. The van der Waals surface area contributed by atoms with Gasteiger partial charge in [0.15, 0.2) is 14.5 Å². The highest BCUT2D eigenvalue weighted by atomic mass is 28.4. The third-order valence-corrected chi connectivity index (χ3v) is 10.3. The molecular weight excluding hydrogens is 370 g/mol. The predicted molar refractivity (Wildman–Crippen MR) is 100.0 cm³/mol. The summed E-state index contributed by atoms with van der Waals surface area (Å²) < 4.78 is 19.6. The molecular formula is C16H25N5O5Si. The Balaban J connectivity index is 1.91. The minimum absolute atomic E-state index is 0.00432. The van der Waals surface area contributed by atoms with E-state index >= 15 is 0 Å². The summed E-state index contributed by atoms with van der Waals surface area (Å²) in [5.41, 5.74) is 6.94. The molecule has 2 fully saturated rings. The molecule has 1 N–H and O–H groups in total. The minimum atomic E-state index is -2.08. The molecule has 11 heteroatoms. The number of nitrogens with one attached hydrogen (secondary N) is 1. The molecule has 1 aromatic rings. The van der Waals surface area contributed by atoms with Crippen LogP contribution in [0.5, 0.6) is 0 Å². The monoisotopic (exact) mass is 395 g/mol. The highest BCUT2D eigenvalue weighted by Gasteiger charge is 2.62. The van der Waals surface area contributed by atoms with Gasteiger partial charge in [-0.3, -0.25) is 14.3 Å². The van der Waals surface area contributed by atoms with Crippen LogP contribution in [0.2, 0.25) is 18.1 Å². The first-order valence-corrected chi connectivity index (χ1v) is 11.7. The molecule has 2 bridgehead atoms. The van der Waals surface area contributed by atoms with E-state index in [-0.39, 0.29) is 18.3 Å². The second kappa shape index (κ2) is 6.61. The van der Waals surface area contributed by atoms with Gasteiger partial charge in [0, 0.05) is 17.2 Å². The van der Waals surface area contributed by atoms with Crippen LogP contribution in [0.4, 0.5) is 0 Å². The van der Waals surface area contributed by atoms with Crippen LogP contribution >= 0.6 is 0 Å². The Hall–Kier alpha value is -1.91. The zero-order chi connectivity index (χ0) is 20.0. The fourth-order valence-electron chi connectivity index (χ4n) is 3.11. The van der Waals surface area contributed by atoms with Crippen molar-refractivity contribution < 1.29 is 13.9 Å². The summed E-state index contributed by atoms with van der Waals surface area (Å²) in [6, 6.07) is 0.606. The van der Waals surface area contributed by atoms with Crippen LogP contribution in [0, 0.1) is 0 Å². The Morgan fingerprint density at radius 3 is 2.78 bits per heavy atom. The van der Waals surface area contributed by atoms with Crippen molar-refractivity contribution in [2.24, 2.45) is 5.11 Å². The Labute approximate surface area is 157 Å². The second-order valence-corrected chi connectivity index (χ2v) is 13.4. The summed E-state index contributed by atoms with van der Waals surface area (Å²) in [5.74, 6) is 0. The molecule has 1 aromatic heterocycles. The highest BCUT2D eigenvalue weighted by Crippen LogP contribution is 2.47. The van der Waals surface area contributed by atoms with Gasteiger partial charge in [-0.2, -0.15) is 0 Å². The second-order valence-electron chi connectivity index (χ2n) is 8.56. The molecule has 0 aromatic carbocycles. The molecule has 148 valence electrons. The first kappa shape index (κ1) is 19.8. The fourth-order valence-corrected chi connectivity index (χ4v) is 4.15. The molecule has 2 saturated heterocycles. The average molecular weight is 395 g/mol. The van der Waals surface area contributed by atoms with Gasteiger partial charge in [0.1, 0.15) is 17.7 Å². The number of azide groups is 1. The Morgan fingerprint density at radius 1 is 1.48 bits per heavy atom. The predicted octanol–water partition coefficient (Wildman–Crippen LogP) is 1.90. The van der Waals surface area contributed by atoms with Crippen LogP contribution in [-0.4, -0.2) is 48.8 Å². The van der Waals surface area contributed by atoms with Crippen molar-refractivity contribution in [2.45, 2.75) is 62.9 Å². The molecule has 0 unspecified atom stereocenters. The van der Waals surface area contributed by atoms with Crippen LogP contribution in [-0.2, 0) is 13.9 Å². The van der Waals surface area contributed by atoms with E-state index in [1.165, 1.54) is 16.8 Å². The zero-order valence-electron chi connectivity index (χ0n) is 16.1. The third-order valence-electron chi connectivity index (χ3n) is 5.79. The lowest BCUT2D eigenvalue weighted by Gasteiger charge is -2.40. The normalized spacial score (nSPS) is 30.3. The lowest BCUT2D eigenvalue weighted by Crippen LogP contribution is -2.50. The van der Waals surface area contributed by atoms with E-state index < -0.39 is 43.5 Å². The van der Waals surface area contributed by atoms with E-state index in [9.17, 15) is 9.59 Å². The van der Waals surface area contributed by atoms with Gasteiger partial charge < -0.3 is 13.9 Å². The highest BCUT2D eigenvalue weighted by molar-refractivity contribution is 6.74. The van der Waals surface area contributed by atoms with Crippen LogP contribution in [0.15, 0.2) is 27.0 Å². The summed E-state index contributed by atoms with van der Waals surface area (Å²) in [6.45, 7) is 11.1. The van der Waals surface area contributed by atoms with Gasteiger partial charge in [-0.1, -0.05) is 25.9 Å². The van der Waals surface area contributed by atoms with Crippen LogP contribution in [0.1, 0.15) is 27.0 Å². The first-order valence-electron chi connectivity index (χ1n) is 8.80. The molecule has 0 saturated carbocycles. The van der Waals surface area contributed by atoms with Crippen molar-refractivity contribution >= 4 is 8.32 Å². The van der Waals surface area contributed by atoms with Crippen molar-refractivity contribution in [3.8, 4) is 0 Å². The topological polar surface area (TPSA) is 131 Å². The molecule has 10 nitrogen and oxygen atoms in total. The Bertz CT molecular complexity index is 884. The maximum atomic E-state index is 12.2. The molecule has 27 heavy (non-hydrogen) atoms. The molecule has 0 amide bonds. The largest absolute Gasteiger partial charge is 0.414 e. The zero-order valence-corrected chi connectivity index (χ0v) is 17.1. The number of aromatic nitrogens is 2. The molecule has 2 aliphatic heterocycles. The molecule has 3 rings (SSSR count). The van der Waals surface area contributed by atoms with Crippen molar-refractivity contribution in [2.75, 3.05) is 13.2 Å². The van der Waals surface area contributed by atoms with Gasteiger partial charge in [-0.25, -0.2) is 4.79 Å². The minimum Gasteiger partial charge on any atom is -0.414 e. The molecule has 0 aliphatic carbocycles. The number of H-pyrrole nitrogens is 1. The number of hydrogen-bond acceptors (Lipinski definition) is 6. The van der Waals surface area contributed by atoms with Gasteiger partial charge in [0.25, 0.3) is 5.56 Å². The molecule has 0 spiro atoms. The number of rotatable bonds is 5. The molecule has 0 radical (unpaired) electrons. The van der Waals surface area contributed by atoms with Gasteiger partial charge >= 0.3 is 5.69 Å². The lowest BCUT2D eigenvalue weighted by atomic mass is 9.98. The Kier molecular flexibility index (Phi) is 4.85. The summed E-state index contributed by atoms with van der Waals surface area (Å²) in [5, 5.41) is 3.89. The quantitative estimate of drug-likeness (QED) is 0.352. The van der Waals surface area contributed by atoms with Gasteiger partial charge in [0.2, 0.25) is 0 Å². The summed E-state index contributed by atoms with van der Waals surface area (Å²) in [4.78, 5) is 28.6. The number of nitrogens with zero attached hydrogens (tertiary/aromatic N) is 4. The van der Waals surface area contributed by atoms with E-state index in [4.69, 9.17) is 19.4 Å². The third kappa shape index (κ3) is 3.37. The van der Waals surface area contributed by atoms with Crippen LogP contribution < -0.4 is 11.2 Å². The number of aromatic amines is 1. The smallest absolute Gasteiger partial charge is 0.330 e. The van der Waals surface area contributed by atoms with E-state index in [1.807, 2.05) is 0 Å². The summed E-state index contributed by atoms with van der Waals surface area (Å²) >= 11 is 0. The van der Waals surface area contributed by atoms with Crippen molar-refractivity contribution in [1.82, 2.24) is 9.55 Å². The molecule has 4 atom stereocenters. The van der Waals surface area contributed by atoms with Crippen molar-refractivity contribution in [1.29, 1.82) is 0 Å². The first-order chi connectivity index (χ1) is 12.5. The number of hydrogen-bond donors (Lipinski definition) is 1. The van der Waals surface area contributed by atoms with E-state index in [0.29, 0.717) is 0 Å². The average Bonchev–Trinajstić information content (AvgIpc) is 3.05. The SMILES string of the molecule is CC(C)(C)[Si](C)(C)OC[C@@]12CO[C@@H]([C@H](n3ccc(=O)[nH]c3=O)O1)[C@@H]2N=[N+]=[N-]. The van der Waals surface area contributed by atoms with Gasteiger partial charge in [0.05, 0.1) is 13.2 Å². The van der Waals surface area contributed by atoms with Gasteiger partial charge in [-0.05, 0) is 23.7 Å². The molecule has 3 heterocycles. The van der Waals surface area contributed by atoms with E-state index in [2.05, 4.69) is 48.9 Å². The van der Waals surface area contributed by atoms with Crippen molar-refractivity contribution in [3.63, 3.8) is 0 Å². The van der Waals surface area contributed by atoms with E-state index in [1.54, 1.807) is 0 Å². The lowest BCUT2D eigenvalue weighted by molar-refractivity contribution is -0.183. The van der Waals surface area contributed by atoms with Crippen LogP contribution in [0.3, 0.4) is 0 Å². The standard InChI is InChI=1S/C16H25N5O5Si/c1-15(2,3)27(4,5)25-9-16-8-24-11(12(16)19-20-17)13(26-16)21-7-6-10(22)18-14(21)23/h6-7,11-13H,8-9H2,1-5H3,(H,18,22,23)/t11-,12+,13-,16-/m1/s1. The fraction of sp³-hybridized carbons (Fsp3) is 0.750. The van der Waals surface area contributed by atoms with E-state index in [0.717, 1.165) is 0 Å². The van der Waals surface area contributed by atoms with Gasteiger partial charge in [-0.15, -0.1) is 0 Å². The maximum absolute atomic E-state index is 12.2. The summed E-state index contributed by atoms with van der Waals surface area (Å²) in [7, 11) is -2.08. The van der Waals surface area contributed by atoms with Crippen molar-refractivity contribution in [3.05, 3.63) is 43.5 Å². The number of ether oxygens (including phenoxy) is 2. The molecule has 2 aliphatic rings.